The summed E-state index contributed by atoms with van der Waals surface area (Å²) in [5.41, 5.74) is 2.16. The number of benzene rings is 1. The van der Waals surface area contributed by atoms with E-state index in [-0.39, 0.29) is 5.91 Å². The van der Waals surface area contributed by atoms with Crippen LogP contribution in [0, 0.1) is 0 Å². The molecule has 0 aliphatic carbocycles. The molecule has 1 aliphatic rings. The zero-order chi connectivity index (χ0) is 13.8. The quantitative estimate of drug-likeness (QED) is 0.796. The summed E-state index contributed by atoms with van der Waals surface area (Å²) in [5, 5.41) is 4.31. The van der Waals surface area contributed by atoms with Crippen LogP contribution in [0.3, 0.4) is 0 Å². The van der Waals surface area contributed by atoms with Crippen LogP contribution < -0.4 is 0 Å². The lowest BCUT2D eigenvalue weighted by molar-refractivity contribution is -0.129. The van der Waals surface area contributed by atoms with Crippen LogP contribution >= 0.6 is 0 Å². The maximum Gasteiger partial charge on any atom is 0.246 e. The molecule has 0 saturated carbocycles. The molecule has 3 rings (SSSR count). The number of hydrogen-bond donors (Lipinski definition) is 0. The molecular formula is C16H17N3O. The zero-order valence-electron chi connectivity index (χ0n) is 11.3. The summed E-state index contributed by atoms with van der Waals surface area (Å²) in [6.45, 7) is 2.52. The first kappa shape index (κ1) is 12.7. The van der Waals surface area contributed by atoms with Gasteiger partial charge in [-0.05, 0) is 18.1 Å². The van der Waals surface area contributed by atoms with Gasteiger partial charge >= 0.3 is 0 Å². The highest BCUT2D eigenvalue weighted by molar-refractivity contribution is 5.92. The van der Waals surface area contributed by atoms with Gasteiger partial charge in [0.25, 0.3) is 0 Å². The van der Waals surface area contributed by atoms with Crippen LogP contribution in [0.4, 0.5) is 0 Å². The molecule has 0 unspecified atom stereocenters. The van der Waals surface area contributed by atoms with Crippen molar-refractivity contribution in [3.63, 3.8) is 0 Å². The summed E-state index contributed by atoms with van der Waals surface area (Å²) in [5.74, 6) is 0.0899. The standard InChI is InChI=1S/C16H17N3O/c20-16(18-9-4-10-18)8-7-15-11-17-19(13-15)12-14-5-2-1-3-6-14/h1-3,5-8,11,13H,4,9-10,12H2. The number of hydrogen-bond acceptors (Lipinski definition) is 2. The zero-order valence-corrected chi connectivity index (χ0v) is 11.3. The van der Waals surface area contributed by atoms with Gasteiger partial charge in [-0.1, -0.05) is 30.3 Å². The third kappa shape index (κ3) is 2.96. The van der Waals surface area contributed by atoms with E-state index in [1.807, 2.05) is 40.1 Å². The minimum atomic E-state index is 0.0899. The second kappa shape index (κ2) is 5.74. The van der Waals surface area contributed by atoms with Crippen LogP contribution in [0.1, 0.15) is 17.5 Å². The molecule has 102 valence electrons. The van der Waals surface area contributed by atoms with Gasteiger partial charge < -0.3 is 4.90 Å². The Morgan fingerprint density at radius 2 is 2.05 bits per heavy atom. The van der Waals surface area contributed by atoms with E-state index in [2.05, 4.69) is 17.2 Å². The molecule has 1 aliphatic heterocycles. The summed E-state index contributed by atoms with van der Waals surface area (Å²) in [6.07, 6.45) is 8.31. The number of likely N-dealkylation sites (tertiary alicyclic amines) is 1. The molecule has 4 heteroatoms. The molecule has 1 aromatic heterocycles. The van der Waals surface area contributed by atoms with Crippen molar-refractivity contribution in [2.45, 2.75) is 13.0 Å². The van der Waals surface area contributed by atoms with Crippen LogP contribution in [-0.2, 0) is 11.3 Å². The highest BCUT2D eigenvalue weighted by Gasteiger charge is 2.17. The Kier molecular flexibility index (Phi) is 3.63. The Hall–Kier alpha value is -2.36. The van der Waals surface area contributed by atoms with Gasteiger partial charge in [-0.3, -0.25) is 9.48 Å². The first-order chi connectivity index (χ1) is 9.81. The molecular weight excluding hydrogens is 250 g/mol. The highest BCUT2D eigenvalue weighted by Crippen LogP contribution is 2.09. The predicted molar refractivity (Wildman–Crippen MR) is 78.0 cm³/mol. The number of amides is 1. The molecule has 1 aromatic carbocycles. The van der Waals surface area contributed by atoms with Gasteiger partial charge in [0.05, 0.1) is 12.7 Å². The second-order valence-corrected chi connectivity index (χ2v) is 4.97. The molecule has 0 atom stereocenters. The smallest absolute Gasteiger partial charge is 0.246 e. The average Bonchev–Trinajstić information content (AvgIpc) is 2.83. The minimum absolute atomic E-state index is 0.0899. The fourth-order valence-corrected chi connectivity index (χ4v) is 2.13. The van der Waals surface area contributed by atoms with Gasteiger partial charge in [0.2, 0.25) is 5.91 Å². The number of aromatic nitrogens is 2. The van der Waals surface area contributed by atoms with E-state index in [1.165, 1.54) is 5.56 Å². The van der Waals surface area contributed by atoms with Gasteiger partial charge in [-0.2, -0.15) is 5.10 Å². The van der Waals surface area contributed by atoms with Gasteiger partial charge in [-0.15, -0.1) is 0 Å². The lowest BCUT2D eigenvalue weighted by Crippen LogP contribution is -2.40. The van der Waals surface area contributed by atoms with Gasteiger partial charge in [0.1, 0.15) is 0 Å². The first-order valence-corrected chi connectivity index (χ1v) is 6.85. The number of rotatable bonds is 4. The van der Waals surface area contributed by atoms with E-state index in [1.54, 1.807) is 12.3 Å². The van der Waals surface area contributed by atoms with Crippen molar-refractivity contribution >= 4 is 12.0 Å². The minimum Gasteiger partial charge on any atom is -0.339 e. The molecule has 1 amide bonds. The van der Waals surface area contributed by atoms with Gasteiger partial charge in [-0.25, -0.2) is 0 Å². The fourth-order valence-electron chi connectivity index (χ4n) is 2.13. The molecule has 2 aromatic rings. The summed E-state index contributed by atoms with van der Waals surface area (Å²) >= 11 is 0. The SMILES string of the molecule is O=C(C=Cc1cnn(Cc2ccccc2)c1)N1CCC1. The van der Waals surface area contributed by atoms with Crippen molar-refractivity contribution in [3.8, 4) is 0 Å². The molecule has 20 heavy (non-hydrogen) atoms. The maximum absolute atomic E-state index is 11.7. The topological polar surface area (TPSA) is 38.1 Å². The van der Waals surface area contributed by atoms with Crippen LogP contribution in [0.2, 0.25) is 0 Å². The van der Waals surface area contributed by atoms with E-state index >= 15 is 0 Å². The largest absolute Gasteiger partial charge is 0.339 e. The summed E-state index contributed by atoms with van der Waals surface area (Å²) in [4.78, 5) is 13.5. The van der Waals surface area contributed by atoms with Gasteiger partial charge in [0.15, 0.2) is 0 Å². The molecule has 0 spiro atoms. The Bertz CT molecular complexity index is 612. The predicted octanol–water partition coefficient (Wildman–Crippen LogP) is 2.18. The summed E-state index contributed by atoms with van der Waals surface area (Å²) < 4.78 is 1.88. The maximum atomic E-state index is 11.7. The number of carbonyl (C=O) groups excluding carboxylic acids is 1. The van der Waals surface area contributed by atoms with E-state index < -0.39 is 0 Å². The molecule has 0 bridgehead atoms. The number of carbonyl (C=O) groups is 1. The monoisotopic (exact) mass is 267 g/mol. The molecule has 0 N–H and O–H groups in total. The van der Waals surface area contributed by atoms with Crippen LogP contribution in [0.15, 0.2) is 48.8 Å². The van der Waals surface area contributed by atoms with E-state index in [4.69, 9.17) is 0 Å². The normalized spacial score (nSPS) is 14.5. The van der Waals surface area contributed by atoms with Crippen LogP contribution in [0.25, 0.3) is 6.08 Å². The van der Waals surface area contributed by atoms with Crippen LogP contribution in [0.5, 0.6) is 0 Å². The highest BCUT2D eigenvalue weighted by atomic mass is 16.2. The summed E-state index contributed by atoms with van der Waals surface area (Å²) in [7, 11) is 0. The number of nitrogens with zero attached hydrogens (tertiary/aromatic N) is 3. The Balaban J connectivity index is 1.61. The fraction of sp³-hybridized carbons (Fsp3) is 0.250. The van der Waals surface area contributed by atoms with Crippen LogP contribution in [-0.4, -0.2) is 33.7 Å². The molecule has 1 fully saturated rings. The van der Waals surface area contributed by atoms with E-state index in [0.717, 1.165) is 31.6 Å². The van der Waals surface area contributed by atoms with Crippen molar-refractivity contribution in [2.75, 3.05) is 13.1 Å². The molecule has 1 saturated heterocycles. The lowest BCUT2D eigenvalue weighted by Gasteiger charge is -2.29. The third-order valence-corrected chi connectivity index (χ3v) is 3.43. The van der Waals surface area contributed by atoms with Crippen molar-refractivity contribution in [1.29, 1.82) is 0 Å². The van der Waals surface area contributed by atoms with Crippen molar-refractivity contribution in [2.24, 2.45) is 0 Å². The molecule has 0 radical (unpaired) electrons. The summed E-state index contributed by atoms with van der Waals surface area (Å²) in [6, 6.07) is 10.2. The molecule has 2 heterocycles. The van der Waals surface area contributed by atoms with Gasteiger partial charge in [0, 0.05) is 30.9 Å². The first-order valence-electron chi connectivity index (χ1n) is 6.85. The molecule has 4 nitrogen and oxygen atoms in total. The third-order valence-electron chi connectivity index (χ3n) is 3.43. The Morgan fingerprint density at radius 1 is 1.25 bits per heavy atom. The van der Waals surface area contributed by atoms with Crippen molar-refractivity contribution in [3.05, 3.63) is 59.9 Å². The lowest BCUT2D eigenvalue weighted by atomic mass is 10.2. The second-order valence-electron chi connectivity index (χ2n) is 4.97. The van der Waals surface area contributed by atoms with E-state index in [9.17, 15) is 4.79 Å². The van der Waals surface area contributed by atoms with Crippen molar-refractivity contribution in [1.82, 2.24) is 14.7 Å². The van der Waals surface area contributed by atoms with E-state index in [0.29, 0.717) is 0 Å². The average molecular weight is 267 g/mol. The Labute approximate surface area is 118 Å². The Morgan fingerprint density at radius 3 is 2.75 bits per heavy atom. The van der Waals surface area contributed by atoms with Crippen molar-refractivity contribution < 1.29 is 4.79 Å².